The summed E-state index contributed by atoms with van der Waals surface area (Å²) in [4.78, 5) is 14.6. The third-order valence-electron chi connectivity index (χ3n) is 4.51. The van der Waals surface area contributed by atoms with Crippen LogP contribution in [-0.4, -0.2) is 29.9 Å². The molecule has 3 nitrogen and oxygen atoms in total. The molecule has 1 aliphatic heterocycles. The fraction of sp³-hybridized carbons (Fsp3) is 0.316. The molecule has 0 saturated carbocycles. The zero-order valence-corrected chi connectivity index (χ0v) is 15.1. The number of nitrogens with zero attached hydrogens (tertiary/aromatic N) is 1. The third kappa shape index (κ3) is 3.84. The number of fused-ring (bicyclic) bond motifs is 1. The van der Waals surface area contributed by atoms with Crippen molar-refractivity contribution in [1.29, 1.82) is 0 Å². The van der Waals surface area contributed by atoms with Crippen LogP contribution in [0.15, 0.2) is 46.9 Å². The minimum atomic E-state index is -0.504. The molecule has 0 unspecified atom stereocenters. The number of carbonyl (C=O) groups excluding carboxylic acids is 1. The van der Waals surface area contributed by atoms with Crippen LogP contribution in [0.5, 0.6) is 0 Å². The molecular weight excluding hydrogens is 371 g/mol. The Morgan fingerprint density at radius 1 is 1.29 bits per heavy atom. The molecule has 1 aliphatic rings. The van der Waals surface area contributed by atoms with E-state index < -0.39 is 5.82 Å². The van der Waals surface area contributed by atoms with Crippen LogP contribution in [0.25, 0.3) is 0 Å². The SMILES string of the molecule is C[C@H](CNC(=O)c1cc(Br)ccc1F)N1CCc2ccccc2C1. The van der Waals surface area contributed by atoms with Gasteiger partial charge in [0.2, 0.25) is 0 Å². The summed E-state index contributed by atoms with van der Waals surface area (Å²) in [6, 6.07) is 13.0. The van der Waals surface area contributed by atoms with Crippen molar-refractivity contribution < 1.29 is 9.18 Å². The van der Waals surface area contributed by atoms with Crippen molar-refractivity contribution in [2.45, 2.75) is 25.9 Å². The van der Waals surface area contributed by atoms with Gasteiger partial charge in [-0.05, 0) is 42.7 Å². The molecule has 0 aromatic heterocycles. The lowest BCUT2D eigenvalue weighted by atomic mass is 9.99. The molecule has 5 heteroatoms. The first-order valence-electron chi connectivity index (χ1n) is 8.08. The number of rotatable bonds is 4. The first-order chi connectivity index (χ1) is 11.5. The second-order valence-electron chi connectivity index (χ2n) is 6.17. The molecule has 0 radical (unpaired) electrons. The number of halogens is 2. The van der Waals surface area contributed by atoms with Gasteiger partial charge in [0, 0.05) is 30.1 Å². The van der Waals surface area contributed by atoms with Gasteiger partial charge in [-0.1, -0.05) is 40.2 Å². The Hall–Kier alpha value is -1.72. The van der Waals surface area contributed by atoms with Crippen molar-refractivity contribution in [2.24, 2.45) is 0 Å². The highest BCUT2D eigenvalue weighted by atomic mass is 79.9. The molecule has 3 rings (SSSR count). The van der Waals surface area contributed by atoms with E-state index in [1.165, 1.54) is 23.3 Å². The maximum absolute atomic E-state index is 13.8. The summed E-state index contributed by atoms with van der Waals surface area (Å²) in [7, 11) is 0. The molecule has 0 aliphatic carbocycles. The molecule has 0 saturated heterocycles. The normalized spacial score (nSPS) is 15.6. The van der Waals surface area contributed by atoms with Gasteiger partial charge < -0.3 is 5.32 Å². The fourth-order valence-electron chi connectivity index (χ4n) is 3.03. The van der Waals surface area contributed by atoms with Gasteiger partial charge in [0.1, 0.15) is 5.82 Å². The second-order valence-corrected chi connectivity index (χ2v) is 7.09. The largest absolute Gasteiger partial charge is 0.350 e. The van der Waals surface area contributed by atoms with Crippen molar-refractivity contribution >= 4 is 21.8 Å². The summed E-state index contributed by atoms with van der Waals surface area (Å²) < 4.78 is 14.5. The van der Waals surface area contributed by atoms with Crippen molar-refractivity contribution in [3.63, 3.8) is 0 Å². The Balaban J connectivity index is 1.59. The lowest BCUT2D eigenvalue weighted by Gasteiger charge is -2.33. The molecule has 0 bridgehead atoms. The second kappa shape index (κ2) is 7.45. The quantitative estimate of drug-likeness (QED) is 0.861. The molecule has 2 aromatic rings. The molecule has 0 spiro atoms. The lowest BCUT2D eigenvalue weighted by molar-refractivity contribution is 0.0928. The van der Waals surface area contributed by atoms with Crippen LogP contribution >= 0.6 is 15.9 Å². The summed E-state index contributed by atoms with van der Waals surface area (Å²) in [6.07, 6.45) is 1.02. The minimum Gasteiger partial charge on any atom is -0.350 e. The van der Waals surface area contributed by atoms with Gasteiger partial charge in [-0.2, -0.15) is 0 Å². The van der Waals surface area contributed by atoms with Crippen molar-refractivity contribution in [2.75, 3.05) is 13.1 Å². The number of nitrogens with one attached hydrogen (secondary N) is 1. The smallest absolute Gasteiger partial charge is 0.254 e. The van der Waals surface area contributed by atoms with E-state index in [2.05, 4.69) is 57.3 Å². The minimum absolute atomic E-state index is 0.0700. The monoisotopic (exact) mass is 390 g/mol. The van der Waals surface area contributed by atoms with E-state index in [1.807, 2.05) is 0 Å². The average Bonchev–Trinajstić information content (AvgIpc) is 2.61. The van der Waals surface area contributed by atoms with Gasteiger partial charge in [0.25, 0.3) is 5.91 Å². The molecule has 1 N–H and O–H groups in total. The molecule has 1 heterocycles. The highest BCUT2D eigenvalue weighted by Crippen LogP contribution is 2.20. The zero-order valence-electron chi connectivity index (χ0n) is 13.6. The van der Waals surface area contributed by atoms with Crippen LogP contribution in [0.3, 0.4) is 0 Å². The highest BCUT2D eigenvalue weighted by Gasteiger charge is 2.21. The average molecular weight is 391 g/mol. The van der Waals surface area contributed by atoms with E-state index in [1.54, 1.807) is 6.07 Å². The third-order valence-corrected chi connectivity index (χ3v) is 5.01. The van der Waals surface area contributed by atoms with Gasteiger partial charge in [0.15, 0.2) is 0 Å². The molecule has 0 fully saturated rings. The van der Waals surface area contributed by atoms with Crippen LogP contribution < -0.4 is 5.32 Å². The van der Waals surface area contributed by atoms with Crippen LogP contribution in [0.1, 0.15) is 28.4 Å². The van der Waals surface area contributed by atoms with E-state index in [0.29, 0.717) is 11.0 Å². The highest BCUT2D eigenvalue weighted by molar-refractivity contribution is 9.10. The molecule has 1 amide bonds. The topological polar surface area (TPSA) is 32.3 Å². The molecule has 24 heavy (non-hydrogen) atoms. The van der Waals surface area contributed by atoms with E-state index in [9.17, 15) is 9.18 Å². The Labute approximate surface area is 150 Å². The van der Waals surface area contributed by atoms with E-state index in [-0.39, 0.29) is 17.5 Å². The molecule has 2 aromatic carbocycles. The summed E-state index contributed by atoms with van der Waals surface area (Å²) in [5, 5.41) is 2.85. The van der Waals surface area contributed by atoms with Crippen LogP contribution in [0.4, 0.5) is 4.39 Å². The first-order valence-corrected chi connectivity index (χ1v) is 8.88. The summed E-state index contributed by atoms with van der Waals surface area (Å²) in [5.41, 5.74) is 2.82. The predicted molar refractivity (Wildman–Crippen MR) is 96.5 cm³/mol. The summed E-state index contributed by atoms with van der Waals surface area (Å²) >= 11 is 3.27. The summed E-state index contributed by atoms with van der Waals surface area (Å²) in [5.74, 6) is -0.881. The van der Waals surface area contributed by atoms with Crippen LogP contribution in [0.2, 0.25) is 0 Å². The Morgan fingerprint density at radius 2 is 2.04 bits per heavy atom. The maximum Gasteiger partial charge on any atom is 0.254 e. The standard InChI is InChI=1S/C19H20BrFN2O/c1-13(23-9-8-14-4-2-3-5-15(14)12-23)11-22-19(24)17-10-16(20)6-7-18(17)21/h2-7,10,13H,8-9,11-12H2,1H3,(H,22,24)/t13-/m1/s1. The Kier molecular flexibility index (Phi) is 5.31. The maximum atomic E-state index is 13.8. The number of carbonyl (C=O) groups is 1. The van der Waals surface area contributed by atoms with Crippen LogP contribution in [-0.2, 0) is 13.0 Å². The fourth-order valence-corrected chi connectivity index (χ4v) is 3.39. The van der Waals surface area contributed by atoms with Crippen molar-refractivity contribution in [3.05, 3.63) is 69.4 Å². The Morgan fingerprint density at radius 3 is 2.83 bits per heavy atom. The first kappa shape index (κ1) is 17.1. The number of benzene rings is 2. The van der Waals surface area contributed by atoms with Gasteiger partial charge in [0.05, 0.1) is 5.56 Å². The van der Waals surface area contributed by atoms with Crippen molar-refractivity contribution in [3.8, 4) is 0 Å². The predicted octanol–water partition coefficient (Wildman–Crippen LogP) is 3.76. The van der Waals surface area contributed by atoms with Crippen LogP contribution in [0, 0.1) is 5.82 Å². The molecule has 126 valence electrons. The summed E-state index contributed by atoms with van der Waals surface area (Å²) in [6.45, 7) is 4.44. The van der Waals surface area contributed by atoms with Crippen molar-refractivity contribution in [1.82, 2.24) is 10.2 Å². The van der Waals surface area contributed by atoms with Gasteiger partial charge in [-0.3, -0.25) is 9.69 Å². The van der Waals surface area contributed by atoms with E-state index in [0.717, 1.165) is 19.5 Å². The number of hydrogen-bond donors (Lipinski definition) is 1. The lowest BCUT2D eigenvalue weighted by Crippen LogP contribution is -2.44. The number of amides is 1. The van der Waals surface area contributed by atoms with Gasteiger partial charge >= 0.3 is 0 Å². The molecular formula is C19H20BrFN2O. The van der Waals surface area contributed by atoms with E-state index in [4.69, 9.17) is 0 Å². The Bertz CT molecular complexity index is 750. The van der Waals surface area contributed by atoms with Gasteiger partial charge in [-0.15, -0.1) is 0 Å². The number of hydrogen-bond acceptors (Lipinski definition) is 2. The van der Waals surface area contributed by atoms with E-state index >= 15 is 0 Å². The van der Waals surface area contributed by atoms with Gasteiger partial charge in [-0.25, -0.2) is 4.39 Å². The molecule has 1 atom stereocenters. The zero-order chi connectivity index (χ0) is 17.1.